The van der Waals surface area contributed by atoms with Gasteiger partial charge in [0.15, 0.2) is 0 Å². The molecule has 240 valence electrons. The Hall–Kier alpha value is 0.486. The van der Waals surface area contributed by atoms with Crippen molar-refractivity contribution in [3.8, 4) is 0 Å². The Kier molecular flexibility index (Phi) is 29.8. The molecule has 0 fully saturated rings. The van der Waals surface area contributed by atoms with Crippen LogP contribution in [0.1, 0.15) is 181 Å². The van der Waals surface area contributed by atoms with Crippen LogP contribution < -0.4 is 0 Å². The third-order valence-electron chi connectivity index (χ3n) is 8.43. The molecule has 0 radical (unpaired) electrons. The van der Waals surface area contributed by atoms with E-state index >= 15 is 0 Å². The van der Waals surface area contributed by atoms with E-state index < -0.39 is 32.7 Å². The maximum atomic E-state index is 12.4. The van der Waals surface area contributed by atoms with Crippen molar-refractivity contribution < 1.29 is 32.8 Å². The van der Waals surface area contributed by atoms with Crippen molar-refractivity contribution in [3.05, 3.63) is 0 Å². The first kappa shape index (κ1) is 43.6. The molecule has 2 atom stereocenters. The zero-order valence-corrected chi connectivity index (χ0v) is 26.7. The molecule has 41 heavy (non-hydrogen) atoms. The van der Waals surface area contributed by atoms with E-state index in [9.17, 15) is 32.8 Å². The van der Waals surface area contributed by atoms with E-state index in [1.54, 1.807) is 0 Å². The Labute approximate surface area is 295 Å². The van der Waals surface area contributed by atoms with Crippen LogP contribution in [-0.4, -0.2) is 91.3 Å². The summed E-state index contributed by atoms with van der Waals surface area (Å²) in [7, 11) is -5.13. The molecular formula is C32H63KO7S. The van der Waals surface area contributed by atoms with Crippen LogP contribution in [0.4, 0.5) is 0 Å². The molecule has 0 aromatic carbocycles. The van der Waals surface area contributed by atoms with E-state index in [4.69, 9.17) is 0 Å². The van der Waals surface area contributed by atoms with Crippen LogP contribution in [0.3, 0.4) is 0 Å². The Bertz CT molecular complexity index is 744. The zero-order valence-electron chi connectivity index (χ0n) is 25.8. The monoisotopic (exact) mass is 630 g/mol. The SMILES string of the molecule is CCCCCCCCCCCCCCC(C(=O)O)C(CCCCCCCCCCCCCC)(C(=O)O)S(=O)(=O)O.[KH]. The van der Waals surface area contributed by atoms with Gasteiger partial charge < -0.3 is 10.2 Å². The van der Waals surface area contributed by atoms with Crippen molar-refractivity contribution in [1.29, 1.82) is 0 Å². The van der Waals surface area contributed by atoms with E-state index in [2.05, 4.69) is 13.8 Å². The molecule has 0 aromatic rings. The molecule has 7 nitrogen and oxygen atoms in total. The van der Waals surface area contributed by atoms with Gasteiger partial charge >= 0.3 is 63.3 Å². The van der Waals surface area contributed by atoms with Gasteiger partial charge in [0.1, 0.15) is 0 Å². The minimum atomic E-state index is -5.13. The summed E-state index contributed by atoms with van der Waals surface area (Å²) in [6.07, 6.45) is 25.2. The second-order valence-corrected chi connectivity index (χ2v) is 13.6. The molecule has 9 heteroatoms. The molecular weight excluding hydrogens is 568 g/mol. The summed E-state index contributed by atoms with van der Waals surface area (Å²) < 4.78 is 32.1. The van der Waals surface area contributed by atoms with Gasteiger partial charge in [-0.25, -0.2) is 0 Å². The number of carbonyl (C=O) groups is 2. The molecule has 0 rings (SSSR count). The van der Waals surface area contributed by atoms with Crippen LogP contribution in [-0.2, 0) is 19.7 Å². The number of aliphatic carboxylic acids is 2. The van der Waals surface area contributed by atoms with Crippen LogP contribution in [0.25, 0.3) is 0 Å². The number of hydrogen-bond acceptors (Lipinski definition) is 4. The third-order valence-corrected chi connectivity index (χ3v) is 10.0. The molecule has 0 spiro atoms. The van der Waals surface area contributed by atoms with Crippen LogP contribution >= 0.6 is 0 Å². The summed E-state index contributed by atoms with van der Waals surface area (Å²) in [5.41, 5.74) is 0. The van der Waals surface area contributed by atoms with Gasteiger partial charge in [-0.05, 0) is 12.8 Å². The zero-order chi connectivity index (χ0) is 30.1. The molecule has 0 aliphatic rings. The van der Waals surface area contributed by atoms with E-state index in [1.807, 2.05) is 0 Å². The third kappa shape index (κ3) is 20.2. The molecule has 3 N–H and O–H groups in total. The summed E-state index contributed by atoms with van der Waals surface area (Å²) in [6, 6.07) is 0. The first-order valence-corrected chi connectivity index (χ1v) is 18.0. The molecule has 0 aliphatic carbocycles. The Balaban J connectivity index is 0. The van der Waals surface area contributed by atoms with Gasteiger partial charge in [-0.1, -0.05) is 168 Å². The second kappa shape index (κ2) is 28.0. The van der Waals surface area contributed by atoms with Gasteiger partial charge in [-0.2, -0.15) is 8.42 Å². The van der Waals surface area contributed by atoms with Crippen LogP contribution in [0, 0.1) is 5.92 Å². The Morgan fingerprint density at radius 1 is 0.561 bits per heavy atom. The average molecular weight is 631 g/mol. The van der Waals surface area contributed by atoms with Gasteiger partial charge in [0, 0.05) is 0 Å². The fraction of sp³-hybridized carbons (Fsp3) is 0.938. The van der Waals surface area contributed by atoms with Crippen LogP contribution in [0.5, 0.6) is 0 Å². The number of unbranched alkanes of at least 4 members (excludes halogenated alkanes) is 22. The van der Waals surface area contributed by atoms with Crippen molar-refractivity contribution in [2.75, 3.05) is 0 Å². The minimum absolute atomic E-state index is 0. The van der Waals surface area contributed by atoms with E-state index in [1.165, 1.54) is 83.5 Å². The van der Waals surface area contributed by atoms with Crippen molar-refractivity contribution in [2.45, 2.75) is 186 Å². The summed E-state index contributed by atoms with van der Waals surface area (Å²) in [5.74, 6) is -4.90. The molecule has 0 saturated heterocycles. The quantitative estimate of drug-likeness (QED) is 0.0410. The summed E-state index contributed by atoms with van der Waals surface area (Å²) in [4.78, 5) is 24.4. The van der Waals surface area contributed by atoms with Crippen LogP contribution in [0.15, 0.2) is 0 Å². The first-order chi connectivity index (χ1) is 19.1. The fourth-order valence-corrected chi connectivity index (χ4v) is 7.02. The number of hydrogen-bond donors (Lipinski definition) is 3. The number of carboxylic acid groups (broad SMARTS) is 2. The van der Waals surface area contributed by atoms with Gasteiger partial charge in [0.05, 0.1) is 5.92 Å². The normalized spacial score (nSPS) is 13.8. The summed E-state index contributed by atoms with van der Waals surface area (Å²) >= 11 is 0. The predicted molar refractivity (Wildman–Crippen MR) is 172 cm³/mol. The van der Waals surface area contributed by atoms with Gasteiger partial charge in [-0.15, -0.1) is 0 Å². The molecule has 0 aliphatic heterocycles. The number of rotatable bonds is 30. The van der Waals surface area contributed by atoms with E-state index in [0.717, 1.165) is 51.4 Å². The molecule has 2 unspecified atom stereocenters. The fourth-order valence-electron chi connectivity index (χ4n) is 5.82. The van der Waals surface area contributed by atoms with Crippen molar-refractivity contribution in [2.24, 2.45) is 5.92 Å². The molecule has 0 saturated carbocycles. The Morgan fingerprint density at radius 2 is 0.854 bits per heavy atom. The summed E-state index contributed by atoms with van der Waals surface area (Å²) in [6.45, 7) is 4.42. The van der Waals surface area contributed by atoms with Gasteiger partial charge in [0.25, 0.3) is 10.1 Å². The van der Waals surface area contributed by atoms with Crippen molar-refractivity contribution in [1.82, 2.24) is 0 Å². The molecule has 0 heterocycles. The van der Waals surface area contributed by atoms with E-state index in [0.29, 0.717) is 12.8 Å². The van der Waals surface area contributed by atoms with Crippen molar-refractivity contribution in [3.63, 3.8) is 0 Å². The summed E-state index contributed by atoms with van der Waals surface area (Å²) in [5, 5.41) is 19.8. The Morgan fingerprint density at radius 3 is 1.12 bits per heavy atom. The maximum absolute atomic E-state index is 12.4. The van der Waals surface area contributed by atoms with Crippen LogP contribution in [0.2, 0.25) is 0 Å². The number of carboxylic acids is 2. The topological polar surface area (TPSA) is 129 Å². The predicted octanol–water partition coefficient (Wildman–Crippen LogP) is 8.93. The van der Waals surface area contributed by atoms with Gasteiger partial charge in [0.2, 0.25) is 4.75 Å². The first-order valence-electron chi connectivity index (χ1n) is 16.6. The van der Waals surface area contributed by atoms with Gasteiger partial charge in [-0.3, -0.25) is 14.1 Å². The molecule has 0 amide bonds. The average Bonchev–Trinajstić information content (AvgIpc) is 2.89. The van der Waals surface area contributed by atoms with E-state index in [-0.39, 0.29) is 70.6 Å². The second-order valence-electron chi connectivity index (χ2n) is 11.9. The molecule has 0 aromatic heterocycles. The van der Waals surface area contributed by atoms with Crippen molar-refractivity contribution >= 4 is 73.4 Å². The molecule has 0 bridgehead atoms. The standard InChI is InChI=1S/C32H62O7S.K.H/c1-3-5-7-9-11-13-15-17-19-21-23-25-27-29(30(33)34)32(31(35)36,40(37,38)39)28-26-24-22-20-18-16-14-12-10-8-6-4-2;;/h29H,3-28H2,1-2H3,(H,33,34)(H,35,36)(H,37,38,39);;.